The molecule has 21 heavy (non-hydrogen) atoms. The molecule has 1 aliphatic rings. The van der Waals surface area contributed by atoms with Crippen LogP contribution in [0.3, 0.4) is 0 Å². The van der Waals surface area contributed by atoms with E-state index in [2.05, 4.69) is 22.1 Å². The second kappa shape index (κ2) is 8.46. The SMILES string of the molecule is O=C(NCCCN1CCCC1)c1ccc(C#CCO)cc1. The van der Waals surface area contributed by atoms with Crippen LogP contribution in [-0.2, 0) is 0 Å². The Kier molecular flexibility index (Phi) is 6.26. The number of aliphatic hydroxyl groups is 1. The van der Waals surface area contributed by atoms with Gasteiger partial charge in [0.05, 0.1) is 0 Å². The van der Waals surface area contributed by atoms with E-state index in [1.54, 1.807) is 24.3 Å². The van der Waals surface area contributed by atoms with Crippen molar-refractivity contribution in [3.63, 3.8) is 0 Å². The average molecular weight is 286 g/mol. The van der Waals surface area contributed by atoms with E-state index in [0.29, 0.717) is 12.1 Å². The van der Waals surface area contributed by atoms with Gasteiger partial charge < -0.3 is 15.3 Å². The van der Waals surface area contributed by atoms with E-state index in [0.717, 1.165) is 18.5 Å². The highest BCUT2D eigenvalue weighted by molar-refractivity contribution is 5.94. The van der Waals surface area contributed by atoms with Gasteiger partial charge in [-0.05, 0) is 63.2 Å². The molecule has 1 aliphatic heterocycles. The van der Waals surface area contributed by atoms with Crippen molar-refractivity contribution in [2.45, 2.75) is 19.3 Å². The maximum atomic E-state index is 12.0. The molecule has 0 bridgehead atoms. The Balaban J connectivity index is 1.72. The number of nitrogens with zero attached hydrogens (tertiary/aromatic N) is 1. The molecule has 0 radical (unpaired) electrons. The number of amides is 1. The molecule has 0 atom stereocenters. The number of carbonyl (C=O) groups is 1. The number of hydrogen-bond acceptors (Lipinski definition) is 3. The Bertz CT molecular complexity index is 508. The normalized spacial score (nSPS) is 14.5. The minimum atomic E-state index is -0.154. The summed E-state index contributed by atoms with van der Waals surface area (Å²) in [4.78, 5) is 14.4. The monoisotopic (exact) mass is 286 g/mol. The molecular weight excluding hydrogens is 264 g/mol. The summed E-state index contributed by atoms with van der Waals surface area (Å²) in [5.74, 6) is 5.35. The van der Waals surface area contributed by atoms with Crippen LogP contribution in [0.2, 0.25) is 0 Å². The van der Waals surface area contributed by atoms with Crippen molar-refractivity contribution in [1.82, 2.24) is 10.2 Å². The van der Waals surface area contributed by atoms with E-state index in [9.17, 15) is 4.79 Å². The fourth-order valence-corrected chi connectivity index (χ4v) is 2.46. The van der Waals surface area contributed by atoms with Crippen molar-refractivity contribution in [2.24, 2.45) is 0 Å². The van der Waals surface area contributed by atoms with Crippen LogP contribution in [0.5, 0.6) is 0 Å². The number of benzene rings is 1. The smallest absolute Gasteiger partial charge is 0.251 e. The highest BCUT2D eigenvalue weighted by Crippen LogP contribution is 2.07. The number of aliphatic hydroxyl groups excluding tert-OH is 1. The minimum absolute atomic E-state index is 0.0434. The molecule has 1 amide bonds. The summed E-state index contributed by atoms with van der Waals surface area (Å²) in [7, 11) is 0. The molecule has 0 unspecified atom stereocenters. The Morgan fingerprint density at radius 2 is 1.95 bits per heavy atom. The van der Waals surface area contributed by atoms with Crippen molar-refractivity contribution >= 4 is 5.91 Å². The molecule has 2 N–H and O–H groups in total. The van der Waals surface area contributed by atoms with Crippen LogP contribution in [0.25, 0.3) is 0 Å². The number of likely N-dealkylation sites (tertiary alicyclic amines) is 1. The lowest BCUT2D eigenvalue weighted by Crippen LogP contribution is -2.28. The second-order valence-corrected chi connectivity index (χ2v) is 5.20. The fraction of sp³-hybridized carbons (Fsp3) is 0.471. The van der Waals surface area contributed by atoms with Crippen molar-refractivity contribution in [3.05, 3.63) is 35.4 Å². The van der Waals surface area contributed by atoms with E-state index in [-0.39, 0.29) is 12.5 Å². The van der Waals surface area contributed by atoms with Crippen LogP contribution in [0.1, 0.15) is 35.2 Å². The van der Waals surface area contributed by atoms with Gasteiger partial charge >= 0.3 is 0 Å². The van der Waals surface area contributed by atoms with Crippen molar-refractivity contribution in [2.75, 3.05) is 32.8 Å². The lowest BCUT2D eigenvalue weighted by molar-refractivity contribution is 0.0952. The first-order valence-electron chi connectivity index (χ1n) is 7.50. The summed E-state index contributed by atoms with van der Waals surface area (Å²) in [6, 6.07) is 7.11. The standard InChI is InChI=1S/C17H22N2O2/c20-14-3-5-15-6-8-16(9-7-15)17(21)18-10-4-13-19-11-1-2-12-19/h6-9,20H,1-2,4,10-14H2,(H,18,21). The molecule has 0 aromatic heterocycles. The van der Waals surface area contributed by atoms with Gasteiger partial charge in [0.2, 0.25) is 0 Å². The maximum Gasteiger partial charge on any atom is 0.251 e. The first kappa shape index (κ1) is 15.6. The molecule has 0 aliphatic carbocycles. The third-order valence-corrected chi connectivity index (χ3v) is 3.59. The minimum Gasteiger partial charge on any atom is -0.384 e. The van der Waals surface area contributed by atoms with E-state index >= 15 is 0 Å². The van der Waals surface area contributed by atoms with Crippen LogP contribution < -0.4 is 5.32 Å². The fourth-order valence-electron chi connectivity index (χ4n) is 2.46. The van der Waals surface area contributed by atoms with Gasteiger partial charge in [-0.3, -0.25) is 4.79 Å². The molecule has 0 spiro atoms. The molecule has 1 fully saturated rings. The van der Waals surface area contributed by atoms with Crippen molar-refractivity contribution in [1.29, 1.82) is 0 Å². The summed E-state index contributed by atoms with van der Waals surface area (Å²) < 4.78 is 0. The zero-order chi connectivity index (χ0) is 14.9. The maximum absolute atomic E-state index is 12.0. The Morgan fingerprint density at radius 3 is 2.62 bits per heavy atom. The van der Waals surface area contributed by atoms with Gasteiger partial charge in [-0.15, -0.1) is 0 Å². The zero-order valence-electron chi connectivity index (χ0n) is 12.3. The average Bonchev–Trinajstić information content (AvgIpc) is 3.03. The van der Waals surface area contributed by atoms with Gasteiger partial charge in [-0.1, -0.05) is 11.8 Å². The van der Waals surface area contributed by atoms with Crippen LogP contribution in [0.15, 0.2) is 24.3 Å². The predicted molar refractivity (Wildman–Crippen MR) is 83.0 cm³/mol. The molecule has 0 saturated carbocycles. The summed E-state index contributed by atoms with van der Waals surface area (Å²) in [6.07, 6.45) is 3.60. The molecule has 2 rings (SSSR count). The summed E-state index contributed by atoms with van der Waals surface area (Å²) in [5.41, 5.74) is 1.44. The third kappa shape index (κ3) is 5.22. The zero-order valence-corrected chi connectivity index (χ0v) is 12.3. The number of hydrogen-bond donors (Lipinski definition) is 2. The van der Waals surface area contributed by atoms with E-state index in [1.807, 2.05) is 0 Å². The Morgan fingerprint density at radius 1 is 1.24 bits per heavy atom. The van der Waals surface area contributed by atoms with E-state index < -0.39 is 0 Å². The van der Waals surface area contributed by atoms with E-state index in [4.69, 9.17) is 5.11 Å². The van der Waals surface area contributed by atoms with Crippen LogP contribution in [0, 0.1) is 11.8 Å². The summed E-state index contributed by atoms with van der Waals surface area (Å²) in [5, 5.41) is 11.6. The Labute approximate surface area is 126 Å². The van der Waals surface area contributed by atoms with Crippen LogP contribution >= 0.6 is 0 Å². The molecule has 112 valence electrons. The van der Waals surface area contributed by atoms with Gasteiger partial charge in [0, 0.05) is 17.7 Å². The van der Waals surface area contributed by atoms with Gasteiger partial charge in [-0.25, -0.2) is 0 Å². The Hall–Kier alpha value is -1.83. The predicted octanol–water partition coefficient (Wildman–Crippen LogP) is 1.25. The summed E-state index contributed by atoms with van der Waals surface area (Å²) >= 11 is 0. The topological polar surface area (TPSA) is 52.6 Å². The quantitative estimate of drug-likeness (QED) is 0.632. The summed E-state index contributed by atoms with van der Waals surface area (Å²) in [6.45, 7) is 4.02. The third-order valence-electron chi connectivity index (χ3n) is 3.59. The lowest BCUT2D eigenvalue weighted by Gasteiger charge is -2.14. The largest absolute Gasteiger partial charge is 0.384 e. The van der Waals surface area contributed by atoms with Gasteiger partial charge in [-0.2, -0.15) is 0 Å². The van der Waals surface area contributed by atoms with Gasteiger partial charge in [0.1, 0.15) is 6.61 Å². The number of nitrogens with one attached hydrogen (secondary N) is 1. The van der Waals surface area contributed by atoms with E-state index in [1.165, 1.54) is 25.9 Å². The molecule has 1 aromatic carbocycles. The first-order chi connectivity index (χ1) is 10.3. The molecule has 1 saturated heterocycles. The molecule has 4 nitrogen and oxygen atoms in total. The van der Waals surface area contributed by atoms with Crippen LogP contribution in [0.4, 0.5) is 0 Å². The number of carbonyl (C=O) groups excluding carboxylic acids is 1. The highest BCUT2D eigenvalue weighted by atomic mass is 16.2. The first-order valence-corrected chi connectivity index (χ1v) is 7.50. The number of rotatable bonds is 5. The molecule has 1 heterocycles. The molecule has 4 heteroatoms. The highest BCUT2D eigenvalue weighted by Gasteiger charge is 2.10. The van der Waals surface area contributed by atoms with Crippen LogP contribution in [-0.4, -0.2) is 48.7 Å². The van der Waals surface area contributed by atoms with Gasteiger partial charge in [0.15, 0.2) is 0 Å². The second-order valence-electron chi connectivity index (χ2n) is 5.20. The molecular formula is C17H22N2O2. The lowest BCUT2D eigenvalue weighted by atomic mass is 10.1. The molecule has 1 aromatic rings. The van der Waals surface area contributed by atoms with Crippen molar-refractivity contribution < 1.29 is 9.90 Å². The van der Waals surface area contributed by atoms with Crippen molar-refractivity contribution in [3.8, 4) is 11.8 Å². The van der Waals surface area contributed by atoms with Gasteiger partial charge in [0.25, 0.3) is 5.91 Å².